The molecule has 0 unspecified atom stereocenters. The van der Waals surface area contributed by atoms with Crippen molar-refractivity contribution >= 4 is 39.2 Å². The molecule has 1 aliphatic heterocycles. The Morgan fingerprint density at radius 3 is 2.39 bits per heavy atom. The molecule has 6 heteroatoms. The van der Waals surface area contributed by atoms with E-state index < -0.39 is 0 Å². The van der Waals surface area contributed by atoms with Gasteiger partial charge in [0.2, 0.25) is 0 Å². The van der Waals surface area contributed by atoms with E-state index in [2.05, 4.69) is 33.0 Å². The summed E-state index contributed by atoms with van der Waals surface area (Å²) in [6, 6.07) is 6.11. The number of rotatable bonds is 10. The second-order valence-corrected chi connectivity index (χ2v) is 10.7. The van der Waals surface area contributed by atoms with Crippen LogP contribution in [0, 0.1) is 0 Å². The zero-order chi connectivity index (χ0) is 20.5. The Morgan fingerprint density at radius 1 is 1.14 bits per heavy atom. The maximum Gasteiger partial charge on any atom is 0.306 e. The number of ether oxygens (including phenoxy) is 1. The van der Waals surface area contributed by atoms with Crippen molar-refractivity contribution in [3.8, 4) is 0 Å². The van der Waals surface area contributed by atoms with Gasteiger partial charge in [0.1, 0.15) is 0 Å². The van der Waals surface area contributed by atoms with Gasteiger partial charge in [0.25, 0.3) is 5.91 Å². The number of esters is 1. The van der Waals surface area contributed by atoms with Crippen LogP contribution in [0.2, 0.25) is 0 Å². The Kier molecular flexibility index (Phi) is 9.72. The van der Waals surface area contributed by atoms with E-state index in [4.69, 9.17) is 4.74 Å². The van der Waals surface area contributed by atoms with Crippen LogP contribution in [0.25, 0.3) is 0 Å². The summed E-state index contributed by atoms with van der Waals surface area (Å²) in [7, 11) is 3.91. The number of benzene rings is 1. The normalized spacial score (nSPS) is 16.6. The molecule has 0 aliphatic carbocycles. The molecule has 28 heavy (non-hydrogen) atoms. The standard InChI is InChI=1S/C22H33NO3S2/c1-15(2)18-9-7-10-19(16(3)4)22(18)23-20(24)14-26-21(25)11-6-5-8-17-12-13-27-28-17/h7,9-10,15-17H,5-6,8,11-14H2,1-4H3,(H,23,24)/t17-/m0/s1. The molecule has 1 amide bonds. The van der Waals surface area contributed by atoms with Gasteiger partial charge in [-0.05, 0) is 42.2 Å². The van der Waals surface area contributed by atoms with Gasteiger partial charge >= 0.3 is 5.97 Å². The maximum absolute atomic E-state index is 12.4. The van der Waals surface area contributed by atoms with Crippen molar-refractivity contribution in [1.29, 1.82) is 0 Å². The fourth-order valence-corrected chi connectivity index (χ4v) is 6.32. The first-order valence-corrected chi connectivity index (χ1v) is 12.6. The van der Waals surface area contributed by atoms with Crippen molar-refractivity contribution in [2.45, 2.75) is 76.9 Å². The highest BCUT2D eigenvalue weighted by Crippen LogP contribution is 2.39. The first-order valence-electron chi connectivity index (χ1n) is 10.2. The predicted octanol–water partition coefficient (Wildman–Crippen LogP) is 6.13. The van der Waals surface area contributed by atoms with Crippen LogP contribution in [0.5, 0.6) is 0 Å². The lowest BCUT2D eigenvalue weighted by Crippen LogP contribution is -2.22. The summed E-state index contributed by atoms with van der Waals surface area (Å²) in [5.74, 6) is 1.28. The molecule has 1 fully saturated rings. The Labute approximate surface area is 177 Å². The van der Waals surface area contributed by atoms with E-state index in [1.165, 1.54) is 12.2 Å². The van der Waals surface area contributed by atoms with E-state index in [9.17, 15) is 9.59 Å². The number of anilines is 1. The molecule has 1 N–H and O–H groups in total. The summed E-state index contributed by atoms with van der Waals surface area (Å²) in [5, 5.41) is 3.72. The topological polar surface area (TPSA) is 55.4 Å². The van der Waals surface area contributed by atoms with Crippen LogP contribution < -0.4 is 5.32 Å². The molecule has 156 valence electrons. The first-order chi connectivity index (χ1) is 13.4. The monoisotopic (exact) mass is 423 g/mol. The van der Waals surface area contributed by atoms with Gasteiger partial charge in [-0.3, -0.25) is 9.59 Å². The Hall–Kier alpha value is -1.14. The molecule has 0 radical (unpaired) electrons. The van der Waals surface area contributed by atoms with Crippen molar-refractivity contribution in [3.05, 3.63) is 29.3 Å². The van der Waals surface area contributed by atoms with Crippen LogP contribution in [0.3, 0.4) is 0 Å². The van der Waals surface area contributed by atoms with E-state index in [-0.39, 0.29) is 18.5 Å². The van der Waals surface area contributed by atoms with Crippen molar-refractivity contribution in [2.24, 2.45) is 0 Å². The second kappa shape index (κ2) is 11.8. The van der Waals surface area contributed by atoms with Crippen molar-refractivity contribution in [1.82, 2.24) is 0 Å². The van der Waals surface area contributed by atoms with Gasteiger partial charge in [-0.15, -0.1) is 0 Å². The molecule has 0 bridgehead atoms. The molecular formula is C22H33NO3S2. The third-order valence-electron chi connectivity index (χ3n) is 4.89. The number of para-hydroxylation sites is 1. The predicted molar refractivity (Wildman–Crippen MR) is 121 cm³/mol. The minimum absolute atomic E-state index is 0.224. The van der Waals surface area contributed by atoms with Gasteiger partial charge in [0.05, 0.1) is 0 Å². The van der Waals surface area contributed by atoms with Crippen molar-refractivity contribution in [3.63, 3.8) is 0 Å². The molecule has 2 rings (SSSR count). The number of amides is 1. The molecule has 1 aromatic carbocycles. The molecule has 1 aliphatic rings. The fourth-order valence-electron chi connectivity index (χ4n) is 3.29. The van der Waals surface area contributed by atoms with Gasteiger partial charge in [-0.1, -0.05) is 73.9 Å². The zero-order valence-electron chi connectivity index (χ0n) is 17.5. The lowest BCUT2D eigenvalue weighted by atomic mass is 9.92. The van der Waals surface area contributed by atoms with Crippen molar-refractivity contribution < 1.29 is 14.3 Å². The Bertz CT molecular complexity index is 629. The number of hydrogen-bond donors (Lipinski definition) is 1. The van der Waals surface area contributed by atoms with E-state index in [1.807, 2.05) is 39.8 Å². The molecule has 4 nitrogen and oxygen atoms in total. The zero-order valence-corrected chi connectivity index (χ0v) is 19.1. The van der Waals surface area contributed by atoms with Gasteiger partial charge in [0, 0.05) is 23.1 Å². The molecule has 1 aromatic rings. The average molecular weight is 424 g/mol. The van der Waals surface area contributed by atoms with Crippen LogP contribution in [0.1, 0.15) is 82.8 Å². The van der Waals surface area contributed by atoms with Gasteiger partial charge in [-0.25, -0.2) is 0 Å². The third kappa shape index (κ3) is 7.36. The number of carbonyl (C=O) groups excluding carboxylic acids is 2. The fraction of sp³-hybridized carbons (Fsp3) is 0.636. The van der Waals surface area contributed by atoms with Crippen LogP contribution in [-0.2, 0) is 14.3 Å². The summed E-state index contributed by atoms with van der Waals surface area (Å²) in [5.41, 5.74) is 3.07. The molecule has 1 atom stereocenters. The summed E-state index contributed by atoms with van der Waals surface area (Å²) in [6.07, 6.45) is 4.69. The Morgan fingerprint density at radius 2 is 1.82 bits per heavy atom. The molecule has 1 heterocycles. The number of hydrogen-bond acceptors (Lipinski definition) is 5. The minimum Gasteiger partial charge on any atom is -0.456 e. The molecule has 1 saturated heterocycles. The van der Waals surface area contributed by atoms with Crippen LogP contribution in [-0.4, -0.2) is 29.5 Å². The average Bonchev–Trinajstić information content (AvgIpc) is 3.17. The lowest BCUT2D eigenvalue weighted by molar-refractivity contribution is -0.147. The third-order valence-corrected chi connectivity index (χ3v) is 7.89. The summed E-state index contributed by atoms with van der Waals surface area (Å²) >= 11 is 0. The number of unbranched alkanes of at least 4 members (excludes halogenated alkanes) is 1. The summed E-state index contributed by atoms with van der Waals surface area (Å²) in [6.45, 7) is 8.21. The van der Waals surface area contributed by atoms with Crippen LogP contribution in [0.4, 0.5) is 5.69 Å². The van der Waals surface area contributed by atoms with Crippen molar-refractivity contribution in [2.75, 3.05) is 17.7 Å². The van der Waals surface area contributed by atoms with Gasteiger partial charge in [-0.2, -0.15) is 0 Å². The number of carbonyl (C=O) groups is 2. The minimum atomic E-state index is -0.287. The lowest BCUT2D eigenvalue weighted by Gasteiger charge is -2.20. The highest BCUT2D eigenvalue weighted by molar-refractivity contribution is 8.77. The quantitative estimate of drug-likeness (QED) is 0.279. The summed E-state index contributed by atoms with van der Waals surface area (Å²) in [4.78, 5) is 24.3. The number of nitrogens with one attached hydrogen (secondary N) is 1. The summed E-state index contributed by atoms with van der Waals surface area (Å²) < 4.78 is 5.19. The molecule has 0 saturated carbocycles. The maximum atomic E-state index is 12.4. The van der Waals surface area contributed by atoms with E-state index in [1.54, 1.807) is 0 Å². The molecule has 0 aromatic heterocycles. The van der Waals surface area contributed by atoms with Gasteiger partial charge in [0.15, 0.2) is 6.61 Å². The highest BCUT2D eigenvalue weighted by atomic mass is 33.1. The first kappa shape index (κ1) is 23.1. The van der Waals surface area contributed by atoms with E-state index in [0.29, 0.717) is 18.3 Å². The van der Waals surface area contributed by atoms with E-state index in [0.717, 1.165) is 41.3 Å². The SMILES string of the molecule is CC(C)c1cccc(C(C)C)c1NC(=O)COC(=O)CCCC[C@H]1CCSS1. The second-order valence-electron chi connectivity index (χ2n) is 7.90. The smallest absolute Gasteiger partial charge is 0.306 e. The van der Waals surface area contributed by atoms with Crippen LogP contribution in [0.15, 0.2) is 18.2 Å². The molecule has 0 spiro atoms. The largest absolute Gasteiger partial charge is 0.456 e. The Balaban J connectivity index is 1.78. The van der Waals surface area contributed by atoms with Gasteiger partial charge < -0.3 is 10.1 Å². The molecular weight excluding hydrogens is 390 g/mol. The van der Waals surface area contributed by atoms with Crippen LogP contribution >= 0.6 is 21.6 Å². The highest BCUT2D eigenvalue weighted by Gasteiger charge is 2.18. The van der Waals surface area contributed by atoms with E-state index >= 15 is 0 Å².